The fourth-order valence-electron chi connectivity index (χ4n) is 2.67. The fraction of sp³-hybridized carbons (Fsp3) is 0.294. The van der Waals surface area contributed by atoms with Gasteiger partial charge in [-0.3, -0.25) is 14.9 Å². The van der Waals surface area contributed by atoms with Gasteiger partial charge in [-0.25, -0.2) is 8.78 Å². The summed E-state index contributed by atoms with van der Waals surface area (Å²) in [7, 11) is 0. The van der Waals surface area contributed by atoms with Gasteiger partial charge in [-0.2, -0.15) is 10.1 Å². The van der Waals surface area contributed by atoms with Gasteiger partial charge < -0.3 is 14.3 Å². The molecular formula is C17H14ClF2N3O6. The van der Waals surface area contributed by atoms with Gasteiger partial charge in [0.05, 0.1) is 16.0 Å². The lowest BCUT2D eigenvalue weighted by Gasteiger charge is -2.29. The molecule has 12 heteroatoms. The molecule has 0 saturated heterocycles. The maximum absolute atomic E-state index is 13.2. The summed E-state index contributed by atoms with van der Waals surface area (Å²) < 4.78 is 37.1. The molecule has 0 aliphatic carbocycles. The van der Waals surface area contributed by atoms with Crippen LogP contribution in [0, 0.1) is 10.1 Å². The van der Waals surface area contributed by atoms with E-state index in [0.717, 1.165) is 6.07 Å². The van der Waals surface area contributed by atoms with E-state index in [4.69, 9.17) is 20.8 Å². The fourth-order valence-corrected chi connectivity index (χ4v) is 2.85. The Hall–Kier alpha value is -3.05. The van der Waals surface area contributed by atoms with Crippen LogP contribution in [0.1, 0.15) is 29.7 Å². The van der Waals surface area contributed by atoms with Gasteiger partial charge in [-0.1, -0.05) is 11.6 Å². The molecule has 0 saturated carbocycles. The van der Waals surface area contributed by atoms with Crippen LogP contribution in [-0.2, 0) is 6.61 Å². The van der Waals surface area contributed by atoms with Crippen molar-refractivity contribution in [2.45, 2.75) is 32.1 Å². The first-order chi connectivity index (χ1) is 13.6. The molecule has 0 radical (unpaired) electrons. The summed E-state index contributed by atoms with van der Waals surface area (Å²) in [5.41, 5.74) is -2.81. The Morgan fingerprint density at radius 1 is 1.48 bits per heavy atom. The third-order valence-corrected chi connectivity index (χ3v) is 4.38. The van der Waals surface area contributed by atoms with E-state index in [-0.39, 0.29) is 40.3 Å². The van der Waals surface area contributed by atoms with E-state index in [1.54, 1.807) is 0 Å². The average Bonchev–Trinajstić information content (AvgIpc) is 3.25. The van der Waals surface area contributed by atoms with Gasteiger partial charge in [-0.05, 0) is 25.1 Å². The van der Waals surface area contributed by atoms with Gasteiger partial charge in [0.15, 0.2) is 5.76 Å². The zero-order valence-electron chi connectivity index (χ0n) is 14.8. The van der Waals surface area contributed by atoms with Crippen molar-refractivity contribution >= 4 is 28.9 Å². The molecular weight excluding hydrogens is 416 g/mol. The summed E-state index contributed by atoms with van der Waals surface area (Å²) in [4.78, 5) is 22.7. The molecule has 0 spiro atoms. The molecule has 1 aliphatic rings. The Kier molecular flexibility index (Phi) is 5.53. The highest BCUT2D eigenvalue weighted by atomic mass is 35.5. The van der Waals surface area contributed by atoms with Crippen molar-refractivity contribution in [3.8, 4) is 5.75 Å². The molecule has 1 aliphatic heterocycles. The van der Waals surface area contributed by atoms with Gasteiger partial charge in [-0.15, -0.1) is 0 Å². The van der Waals surface area contributed by atoms with Crippen molar-refractivity contribution in [2.75, 3.05) is 0 Å². The van der Waals surface area contributed by atoms with E-state index in [0.29, 0.717) is 5.01 Å². The number of amides is 1. The minimum Gasteiger partial charge on any atom is -0.484 e. The van der Waals surface area contributed by atoms with Crippen LogP contribution in [0.4, 0.5) is 14.5 Å². The lowest BCUT2D eigenvalue weighted by molar-refractivity contribution is -0.384. The number of ether oxygens (including phenoxy) is 1. The number of rotatable bonds is 6. The van der Waals surface area contributed by atoms with Crippen molar-refractivity contribution in [3.63, 3.8) is 0 Å². The second kappa shape index (κ2) is 7.76. The van der Waals surface area contributed by atoms with E-state index in [1.165, 1.54) is 31.2 Å². The SMILES string of the molecule is CC1=NN(C(=O)c2ccc(COc3cc([N+](=O)[O-])ccc3Cl)o2)C(O)(C(F)F)C1. The zero-order chi connectivity index (χ0) is 21.3. The largest absolute Gasteiger partial charge is 0.484 e. The molecule has 1 aromatic heterocycles. The summed E-state index contributed by atoms with van der Waals surface area (Å²) in [5.74, 6) is -1.25. The molecule has 1 unspecified atom stereocenters. The molecule has 2 aromatic rings. The zero-order valence-corrected chi connectivity index (χ0v) is 15.6. The van der Waals surface area contributed by atoms with E-state index in [2.05, 4.69) is 5.10 Å². The first-order valence-corrected chi connectivity index (χ1v) is 8.54. The highest BCUT2D eigenvalue weighted by Gasteiger charge is 2.51. The van der Waals surface area contributed by atoms with Gasteiger partial charge in [0.1, 0.15) is 18.1 Å². The molecule has 1 amide bonds. The second-order valence-corrected chi connectivity index (χ2v) is 6.64. The summed E-state index contributed by atoms with van der Waals surface area (Å²) in [6.45, 7) is 1.17. The van der Waals surface area contributed by atoms with Crippen LogP contribution in [0.5, 0.6) is 5.75 Å². The van der Waals surface area contributed by atoms with Crippen molar-refractivity contribution in [1.29, 1.82) is 0 Å². The third kappa shape index (κ3) is 4.05. The number of carbonyl (C=O) groups excluding carboxylic acids is 1. The van der Waals surface area contributed by atoms with Crippen LogP contribution in [0.3, 0.4) is 0 Å². The van der Waals surface area contributed by atoms with Gasteiger partial charge in [0, 0.05) is 18.2 Å². The lowest BCUT2D eigenvalue weighted by Crippen LogP contribution is -2.51. The Labute approximate surface area is 167 Å². The number of non-ortho nitro benzene ring substituents is 1. The molecule has 29 heavy (non-hydrogen) atoms. The molecule has 2 heterocycles. The van der Waals surface area contributed by atoms with Crippen molar-refractivity contribution < 1.29 is 32.8 Å². The Morgan fingerprint density at radius 3 is 2.86 bits per heavy atom. The summed E-state index contributed by atoms with van der Waals surface area (Å²) in [6.07, 6.45) is -3.72. The van der Waals surface area contributed by atoms with Crippen LogP contribution in [0.2, 0.25) is 5.02 Å². The number of furan rings is 1. The average molecular weight is 430 g/mol. The summed E-state index contributed by atoms with van der Waals surface area (Å²) in [5, 5.41) is 25.0. The number of hydrogen-bond acceptors (Lipinski definition) is 7. The normalized spacial score (nSPS) is 18.8. The quantitative estimate of drug-likeness (QED) is 0.553. The first kappa shape index (κ1) is 20.7. The molecule has 1 aromatic carbocycles. The van der Waals surface area contributed by atoms with Crippen LogP contribution < -0.4 is 4.74 Å². The monoisotopic (exact) mass is 429 g/mol. The predicted molar refractivity (Wildman–Crippen MR) is 96.0 cm³/mol. The Bertz CT molecular complexity index is 995. The number of halogens is 3. The molecule has 154 valence electrons. The van der Waals surface area contributed by atoms with E-state index >= 15 is 0 Å². The molecule has 1 atom stereocenters. The van der Waals surface area contributed by atoms with Crippen molar-refractivity contribution in [3.05, 3.63) is 57.0 Å². The van der Waals surface area contributed by atoms with E-state index < -0.39 is 29.4 Å². The maximum Gasteiger partial charge on any atom is 0.312 e. The highest BCUT2D eigenvalue weighted by molar-refractivity contribution is 6.32. The van der Waals surface area contributed by atoms with E-state index in [1.807, 2.05) is 0 Å². The van der Waals surface area contributed by atoms with Crippen molar-refractivity contribution in [2.24, 2.45) is 5.10 Å². The number of nitro groups is 1. The third-order valence-electron chi connectivity index (χ3n) is 4.06. The number of hydrogen-bond donors (Lipinski definition) is 1. The minimum atomic E-state index is -3.23. The standard InChI is InChI=1S/C17H14ClF2N3O6/c1-9-7-17(25,16(19)20)22(21-9)15(24)13-5-3-11(29-13)8-28-14-6-10(23(26)27)2-4-12(14)18/h2-6,16,25H,7-8H2,1H3. The van der Waals surface area contributed by atoms with Crippen LogP contribution in [-0.4, -0.2) is 38.8 Å². The molecule has 3 rings (SSSR count). The molecule has 1 N–H and O–H groups in total. The number of alkyl halides is 2. The number of nitrogens with zero attached hydrogens (tertiary/aromatic N) is 3. The molecule has 9 nitrogen and oxygen atoms in total. The Balaban J connectivity index is 1.74. The van der Waals surface area contributed by atoms with Gasteiger partial charge >= 0.3 is 5.91 Å². The lowest BCUT2D eigenvalue weighted by atomic mass is 10.1. The smallest absolute Gasteiger partial charge is 0.312 e. The Morgan fingerprint density at radius 2 is 2.21 bits per heavy atom. The number of hydrazone groups is 1. The summed E-state index contributed by atoms with van der Waals surface area (Å²) in [6, 6.07) is 6.20. The number of nitro benzene ring substituents is 1. The van der Waals surface area contributed by atoms with Crippen LogP contribution >= 0.6 is 11.6 Å². The number of benzene rings is 1. The first-order valence-electron chi connectivity index (χ1n) is 8.16. The van der Waals surface area contributed by atoms with Gasteiger partial charge in [0.25, 0.3) is 12.1 Å². The highest BCUT2D eigenvalue weighted by Crippen LogP contribution is 2.33. The second-order valence-electron chi connectivity index (χ2n) is 6.23. The topological polar surface area (TPSA) is 118 Å². The molecule has 0 bridgehead atoms. The maximum atomic E-state index is 13.2. The van der Waals surface area contributed by atoms with Crippen LogP contribution in [0.25, 0.3) is 0 Å². The number of carbonyl (C=O) groups is 1. The van der Waals surface area contributed by atoms with Crippen LogP contribution in [0.15, 0.2) is 39.9 Å². The van der Waals surface area contributed by atoms with E-state index in [9.17, 15) is 28.8 Å². The van der Waals surface area contributed by atoms with Crippen molar-refractivity contribution in [1.82, 2.24) is 5.01 Å². The van der Waals surface area contributed by atoms with Gasteiger partial charge in [0.2, 0.25) is 5.72 Å². The predicted octanol–water partition coefficient (Wildman–Crippen LogP) is 3.60. The number of aliphatic hydroxyl groups is 1. The minimum absolute atomic E-state index is 0.0250. The molecule has 0 fully saturated rings. The summed E-state index contributed by atoms with van der Waals surface area (Å²) >= 11 is 5.93.